The molecule has 1 fully saturated rings. The van der Waals surface area contributed by atoms with E-state index in [0.29, 0.717) is 10.6 Å². The van der Waals surface area contributed by atoms with Crippen LogP contribution in [0.4, 0.5) is 0 Å². The van der Waals surface area contributed by atoms with Gasteiger partial charge in [0.25, 0.3) is 0 Å². The van der Waals surface area contributed by atoms with Crippen LogP contribution in [0.2, 0.25) is 5.02 Å². The van der Waals surface area contributed by atoms with Crippen molar-refractivity contribution < 1.29 is 9.59 Å². The Bertz CT molecular complexity index is 661. The second kappa shape index (κ2) is 5.56. The van der Waals surface area contributed by atoms with E-state index >= 15 is 0 Å². The Morgan fingerprint density at radius 2 is 1.55 bits per heavy atom. The van der Waals surface area contributed by atoms with Gasteiger partial charge in [0, 0.05) is 23.4 Å². The van der Waals surface area contributed by atoms with Gasteiger partial charge in [0.05, 0.1) is 5.70 Å². The van der Waals surface area contributed by atoms with Crippen molar-refractivity contribution in [2.45, 2.75) is 12.8 Å². The number of allylic oxidation sites excluding steroid dienone is 1. The van der Waals surface area contributed by atoms with Crippen LogP contribution < -0.4 is 0 Å². The third kappa shape index (κ3) is 2.40. The first kappa shape index (κ1) is 13.8. The molecule has 0 unspecified atom stereocenters. The number of amides is 2. The Morgan fingerprint density at radius 3 is 2.00 bits per heavy atom. The van der Waals surface area contributed by atoms with Crippen LogP contribution in [0.3, 0.4) is 0 Å². The minimum atomic E-state index is -0.414. The Kier molecular flexibility index (Phi) is 3.84. The molecule has 1 aromatic rings. The van der Waals surface area contributed by atoms with Crippen molar-refractivity contribution in [3.63, 3.8) is 0 Å². The third-order valence-electron chi connectivity index (χ3n) is 2.85. The minimum Gasteiger partial charge on any atom is -0.274 e. The lowest BCUT2D eigenvalue weighted by Crippen LogP contribution is -2.28. The summed E-state index contributed by atoms with van der Waals surface area (Å²) in [5.74, 6) is -0.828. The summed E-state index contributed by atoms with van der Waals surface area (Å²) in [6, 6.07) is 9.69. The molecule has 6 heteroatoms. The third-order valence-corrected chi connectivity index (χ3v) is 3.11. The van der Waals surface area contributed by atoms with Gasteiger partial charge in [0.1, 0.15) is 12.1 Å². The number of carbonyl (C=O) groups is 2. The first-order chi connectivity index (χ1) is 9.58. The zero-order valence-corrected chi connectivity index (χ0v) is 11.0. The maximum absolute atomic E-state index is 11.8. The summed E-state index contributed by atoms with van der Waals surface area (Å²) in [6.45, 7) is 0. The standard InChI is InChI=1S/C14H8ClN3O2/c15-11-3-1-9(2-4-11)14(10(7-16)8-17)18-12(19)5-6-13(18)20/h1-4H,5-6H2. The van der Waals surface area contributed by atoms with Crippen molar-refractivity contribution in [3.05, 3.63) is 40.4 Å². The van der Waals surface area contributed by atoms with Crippen LogP contribution in [-0.4, -0.2) is 16.7 Å². The first-order valence-electron chi connectivity index (χ1n) is 5.74. The van der Waals surface area contributed by atoms with Gasteiger partial charge < -0.3 is 0 Å². The molecule has 1 saturated heterocycles. The topological polar surface area (TPSA) is 85.0 Å². The van der Waals surface area contributed by atoms with E-state index in [1.165, 1.54) is 0 Å². The molecule has 0 spiro atoms. The van der Waals surface area contributed by atoms with Crippen molar-refractivity contribution in [3.8, 4) is 12.1 Å². The molecule has 0 radical (unpaired) electrons. The Labute approximate surface area is 120 Å². The molecule has 1 aliphatic rings. The van der Waals surface area contributed by atoms with E-state index in [0.717, 1.165) is 4.90 Å². The molecule has 98 valence electrons. The Morgan fingerprint density at radius 1 is 1.05 bits per heavy atom. The number of nitrogens with zero attached hydrogens (tertiary/aromatic N) is 3. The van der Waals surface area contributed by atoms with Gasteiger partial charge in [-0.3, -0.25) is 9.59 Å². The van der Waals surface area contributed by atoms with Gasteiger partial charge in [-0.2, -0.15) is 10.5 Å². The van der Waals surface area contributed by atoms with E-state index in [1.807, 2.05) is 0 Å². The predicted molar refractivity (Wildman–Crippen MR) is 70.7 cm³/mol. The van der Waals surface area contributed by atoms with E-state index < -0.39 is 11.8 Å². The summed E-state index contributed by atoms with van der Waals surface area (Å²) in [5.41, 5.74) is 0.172. The molecule has 0 aliphatic carbocycles. The van der Waals surface area contributed by atoms with Gasteiger partial charge in [-0.25, -0.2) is 4.90 Å². The lowest BCUT2D eigenvalue weighted by Gasteiger charge is -2.18. The number of rotatable bonds is 2. The van der Waals surface area contributed by atoms with Crippen LogP contribution in [0.5, 0.6) is 0 Å². The highest BCUT2D eigenvalue weighted by Crippen LogP contribution is 2.29. The van der Waals surface area contributed by atoms with Crippen LogP contribution in [-0.2, 0) is 9.59 Å². The SMILES string of the molecule is N#CC(C#N)=C(c1ccc(Cl)cc1)N1C(=O)CCC1=O. The molecular formula is C14H8ClN3O2. The van der Waals surface area contributed by atoms with Crippen LogP contribution in [0, 0.1) is 22.7 Å². The van der Waals surface area contributed by atoms with Crippen LogP contribution in [0.1, 0.15) is 18.4 Å². The summed E-state index contributed by atoms with van der Waals surface area (Å²) in [7, 11) is 0. The molecule has 0 aromatic heterocycles. The smallest absolute Gasteiger partial charge is 0.234 e. The number of likely N-dealkylation sites (tertiary alicyclic amines) is 1. The van der Waals surface area contributed by atoms with Crippen LogP contribution in [0.25, 0.3) is 5.70 Å². The highest BCUT2D eigenvalue weighted by molar-refractivity contribution is 6.30. The van der Waals surface area contributed by atoms with Crippen molar-refractivity contribution in [1.29, 1.82) is 10.5 Å². The largest absolute Gasteiger partial charge is 0.274 e. The maximum Gasteiger partial charge on any atom is 0.234 e. The molecule has 0 bridgehead atoms. The maximum atomic E-state index is 11.8. The van der Waals surface area contributed by atoms with Gasteiger partial charge >= 0.3 is 0 Å². The lowest BCUT2D eigenvalue weighted by atomic mass is 10.1. The van der Waals surface area contributed by atoms with Crippen molar-refractivity contribution in [2.24, 2.45) is 0 Å². The van der Waals surface area contributed by atoms with Gasteiger partial charge in [0.2, 0.25) is 11.8 Å². The van der Waals surface area contributed by atoms with Gasteiger partial charge in [0.15, 0.2) is 5.57 Å². The average molecular weight is 286 g/mol. The summed E-state index contributed by atoms with van der Waals surface area (Å²) >= 11 is 5.79. The number of hydrogen-bond acceptors (Lipinski definition) is 4. The summed E-state index contributed by atoms with van der Waals surface area (Å²) in [6.07, 6.45) is 0.167. The van der Waals surface area contributed by atoms with Gasteiger partial charge in [-0.1, -0.05) is 23.7 Å². The molecule has 0 saturated carbocycles. The van der Waals surface area contributed by atoms with E-state index in [4.69, 9.17) is 22.1 Å². The minimum absolute atomic E-state index is 0.0270. The predicted octanol–water partition coefficient (Wildman–Crippen LogP) is 2.25. The van der Waals surface area contributed by atoms with E-state index in [2.05, 4.69) is 0 Å². The average Bonchev–Trinajstić information content (AvgIpc) is 2.77. The zero-order valence-electron chi connectivity index (χ0n) is 10.3. The Hall–Kier alpha value is -2.63. The number of halogens is 1. The molecule has 1 aliphatic heterocycles. The molecule has 20 heavy (non-hydrogen) atoms. The zero-order chi connectivity index (χ0) is 14.7. The fraction of sp³-hybridized carbons (Fsp3) is 0.143. The Balaban J connectivity index is 2.64. The molecule has 0 atom stereocenters. The molecule has 1 heterocycles. The molecular weight excluding hydrogens is 278 g/mol. The van der Waals surface area contributed by atoms with Crippen molar-refractivity contribution in [2.75, 3.05) is 0 Å². The second-order valence-corrected chi connectivity index (χ2v) is 4.51. The molecule has 1 aromatic carbocycles. The first-order valence-corrected chi connectivity index (χ1v) is 6.12. The second-order valence-electron chi connectivity index (χ2n) is 4.08. The van der Waals surface area contributed by atoms with E-state index in [9.17, 15) is 9.59 Å². The quantitative estimate of drug-likeness (QED) is 0.616. The number of hydrogen-bond donors (Lipinski definition) is 0. The normalized spacial score (nSPS) is 13.8. The van der Waals surface area contributed by atoms with Crippen LogP contribution in [0.15, 0.2) is 29.8 Å². The summed E-state index contributed by atoms with van der Waals surface area (Å²) in [5, 5.41) is 18.6. The van der Waals surface area contributed by atoms with Gasteiger partial charge in [-0.05, 0) is 12.1 Å². The molecule has 5 nitrogen and oxygen atoms in total. The fourth-order valence-corrected chi connectivity index (χ4v) is 2.08. The highest BCUT2D eigenvalue weighted by atomic mass is 35.5. The van der Waals surface area contributed by atoms with E-state index in [1.54, 1.807) is 36.4 Å². The van der Waals surface area contributed by atoms with E-state index in [-0.39, 0.29) is 24.1 Å². The summed E-state index contributed by atoms with van der Waals surface area (Å²) < 4.78 is 0. The monoisotopic (exact) mass is 285 g/mol. The van der Waals surface area contributed by atoms with Crippen molar-refractivity contribution in [1.82, 2.24) is 4.90 Å². The van der Waals surface area contributed by atoms with Crippen molar-refractivity contribution >= 4 is 29.1 Å². The summed E-state index contributed by atoms with van der Waals surface area (Å²) in [4.78, 5) is 24.6. The highest BCUT2D eigenvalue weighted by Gasteiger charge is 2.34. The van der Waals surface area contributed by atoms with Crippen LogP contribution >= 0.6 is 11.6 Å². The number of imide groups is 1. The molecule has 2 rings (SSSR count). The van der Waals surface area contributed by atoms with Gasteiger partial charge in [-0.15, -0.1) is 0 Å². The number of benzene rings is 1. The number of nitriles is 2. The lowest BCUT2D eigenvalue weighted by molar-refractivity contribution is -0.134. The number of carbonyl (C=O) groups excluding carboxylic acids is 2. The molecule has 0 N–H and O–H groups in total. The fourth-order valence-electron chi connectivity index (χ4n) is 1.95. The molecule has 2 amide bonds.